The zero-order valence-electron chi connectivity index (χ0n) is 10.8. The van der Waals surface area contributed by atoms with E-state index in [0.717, 1.165) is 5.56 Å². The summed E-state index contributed by atoms with van der Waals surface area (Å²) in [4.78, 5) is 22.7. The van der Waals surface area contributed by atoms with Crippen molar-refractivity contribution < 1.29 is 14.0 Å². The van der Waals surface area contributed by atoms with E-state index in [1.165, 1.54) is 6.07 Å². The summed E-state index contributed by atoms with van der Waals surface area (Å²) in [5, 5.41) is 5.40. The van der Waals surface area contributed by atoms with Crippen molar-refractivity contribution in [3.63, 3.8) is 0 Å². The predicted molar refractivity (Wildman–Crippen MR) is 69.0 cm³/mol. The molecule has 1 aromatic rings. The number of nitrogens with one attached hydrogen (secondary N) is 2. The number of aryl methyl sites for hydroxylation is 1. The molecule has 4 nitrogen and oxygen atoms in total. The highest BCUT2D eigenvalue weighted by atomic mass is 19.1. The smallest absolute Gasteiger partial charge is 0.242 e. The molecular weight excluding hydrogens is 247 g/mol. The van der Waals surface area contributed by atoms with Crippen molar-refractivity contribution in [3.05, 3.63) is 35.1 Å². The summed E-state index contributed by atoms with van der Waals surface area (Å²) in [7, 11) is 0. The van der Waals surface area contributed by atoms with Gasteiger partial charge in [-0.2, -0.15) is 0 Å². The van der Waals surface area contributed by atoms with Crippen molar-refractivity contribution in [1.29, 1.82) is 0 Å². The van der Waals surface area contributed by atoms with Gasteiger partial charge in [-0.1, -0.05) is 12.1 Å². The zero-order chi connectivity index (χ0) is 13.8. The molecule has 1 saturated heterocycles. The fourth-order valence-electron chi connectivity index (χ4n) is 2.13. The molecule has 0 aromatic heterocycles. The predicted octanol–water partition coefficient (Wildman–Crippen LogP) is 1.07. The number of rotatable bonds is 4. The van der Waals surface area contributed by atoms with Gasteiger partial charge in [0.2, 0.25) is 11.8 Å². The molecule has 19 heavy (non-hydrogen) atoms. The molecule has 0 saturated carbocycles. The topological polar surface area (TPSA) is 58.2 Å². The number of benzene rings is 1. The first-order chi connectivity index (χ1) is 9.06. The van der Waals surface area contributed by atoms with E-state index in [4.69, 9.17) is 0 Å². The van der Waals surface area contributed by atoms with Crippen LogP contribution in [0.2, 0.25) is 0 Å². The summed E-state index contributed by atoms with van der Waals surface area (Å²) in [6.07, 6.45) is 1.61. The minimum Gasteiger partial charge on any atom is -0.354 e. The largest absolute Gasteiger partial charge is 0.354 e. The molecule has 1 fully saturated rings. The molecule has 0 spiro atoms. The first kappa shape index (κ1) is 13.5. The first-order valence-electron chi connectivity index (χ1n) is 6.38. The molecule has 0 aliphatic carbocycles. The second-order valence-corrected chi connectivity index (χ2v) is 4.78. The van der Waals surface area contributed by atoms with Gasteiger partial charge in [0, 0.05) is 13.0 Å². The molecule has 1 aliphatic rings. The summed E-state index contributed by atoms with van der Waals surface area (Å²) >= 11 is 0. The maximum atomic E-state index is 13.1. The minimum absolute atomic E-state index is 0.0747. The molecule has 1 atom stereocenters. The molecule has 5 heteroatoms. The second kappa shape index (κ2) is 5.82. The molecule has 0 bridgehead atoms. The van der Waals surface area contributed by atoms with Gasteiger partial charge in [0.05, 0.1) is 0 Å². The Kier molecular flexibility index (Phi) is 4.14. The van der Waals surface area contributed by atoms with Gasteiger partial charge in [0.25, 0.3) is 0 Å². The van der Waals surface area contributed by atoms with Gasteiger partial charge in [0.1, 0.15) is 11.9 Å². The molecule has 1 aliphatic heterocycles. The van der Waals surface area contributed by atoms with Gasteiger partial charge in [-0.15, -0.1) is 0 Å². The average molecular weight is 264 g/mol. The molecule has 2 amide bonds. The van der Waals surface area contributed by atoms with Crippen LogP contribution >= 0.6 is 0 Å². The lowest BCUT2D eigenvalue weighted by Crippen LogP contribution is -2.42. The molecule has 2 N–H and O–H groups in total. The van der Waals surface area contributed by atoms with E-state index >= 15 is 0 Å². The van der Waals surface area contributed by atoms with Crippen LogP contribution < -0.4 is 10.6 Å². The van der Waals surface area contributed by atoms with Crippen LogP contribution in [0.3, 0.4) is 0 Å². The van der Waals surface area contributed by atoms with E-state index < -0.39 is 6.04 Å². The first-order valence-corrected chi connectivity index (χ1v) is 6.38. The Bertz CT molecular complexity index is 502. The van der Waals surface area contributed by atoms with Crippen molar-refractivity contribution in [2.75, 3.05) is 6.54 Å². The van der Waals surface area contributed by atoms with Crippen LogP contribution in [0, 0.1) is 12.7 Å². The summed E-state index contributed by atoms with van der Waals surface area (Å²) in [6, 6.07) is 4.52. The maximum absolute atomic E-state index is 13.1. The minimum atomic E-state index is -0.401. The molecule has 1 aromatic carbocycles. The summed E-state index contributed by atoms with van der Waals surface area (Å²) < 4.78 is 13.1. The maximum Gasteiger partial charge on any atom is 0.242 e. The normalized spacial score (nSPS) is 18.2. The van der Waals surface area contributed by atoms with Gasteiger partial charge in [-0.3, -0.25) is 9.59 Å². The van der Waals surface area contributed by atoms with Crippen molar-refractivity contribution in [3.8, 4) is 0 Å². The molecule has 2 rings (SSSR count). The quantitative estimate of drug-likeness (QED) is 0.854. The van der Waals surface area contributed by atoms with Crippen molar-refractivity contribution in [1.82, 2.24) is 10.6 Å². The number of hydrogen-bond acceptors (Lipinski definition) is 2. The van der Waals surface area contributed by atoms with Crippen LogP contribution in [0.15, 0.2) is 18.2 Å². The number of amides is 2. The van der Waals surface area contributed by atoms with E-state index in [1.54, 1.807) is 19.1 Å². The van der Waals surface area contributed by atoms with Gasteiger partial charge in [-0.05, 0) is 37.0 Å². The highest BCUT2D eigenvalue weighted by Crippen LogP contribution is 2.10. The van der Waals surface area contributed by atoms with Gasteiger partial charge in [0.15, 0.2) is 0 Å². The van der Waals surface area contributed by atoms with E-state index in [2.05, 4.69) is 10.6 Å². The fraction of sp³-hybridized carbons (Fsp3) is 0.429. The number of carbonyl (C=O) groups is 2. The standard InChI is InChI=1S/C14H17FN2O2/c1-9-8-10(2-3-11(9)15)6-7-16-14(19)12-4-5-13(18)17-12/h2-3,8,12H,4-7H2,1H3,(H,16,19)(H,17,18). The Labute approximate surface area is 111 Å². The average Bonchev–Trinajstić information content (AvgIpc) is 2.80. The van der Waals surface area contributed by atoms with Crippen molar-refractivity contribution in [2.45, 2.75) is 32.2 Å². The Balaban J connectivity index is 1.78. The summed E-state index contributed by atoms with van der Waals surface area (Å²) in [6.45, 7) is 2.20. The van der Waals surface area contributed by atoms with Crippen LogP contribution in [0.4, 0.5) is 4.39 Å². The van der Waals surface area contributed by atoms with E-state index in [0.29, 0.717) is 31.4 Å². The Morgan fingerprint density at radius 2 is 2.32 bits per heavy atom. The number of carbonyl (C=O) groups excluding carboxylic acids is 2. The van der Waals surface area contributed by atoms with Gasteiger partial charge >= 0.3 is 0 Å². The summed E-state index contributed by atoms with van der Waals surface area (Å²) in [5.41, 5.74) is 1.58. The lowest BCUT2D eigenvalue weighted by Gasteiger charge is -2.11. The molecule has 1 unspecified atom stereocenters. The fourth-order valence-corrected chi connectivity index (χ4v) is 2.13. The van der Waals surface area contributed by atoms with Crippen LogP contribution in [0.25, 0.3) is 0 Å². The molecule has 102 valence electrons. The number of hydrogen-bond donors (Lipinski definition) is 2. The van der Waals surface area contributed by atoms with E-state index in [9.17, 15) is 14.0 Å². The Hall–Kier alpha value is -1.91. The van der Waals surface area contributed by atoms with Crippen LogP contribution in [-0.4, -0.2) is 24.4 Å². The van der Waals surface area contributed by atoms with E-state index in [1.807, 2.05) is 0 Å². The molecule has 0 radical (unpaired) electrons. The molecular formula is C14H17FN2O2. The van der Waals surface area contributed by atoms with Crippen molar-refractivity contribution in [2.24, 2.45) is 0 Å². The lowest BCUT2D eigenvalue weighted by molar-refractivity contribution is -0.125. The third kappa shape index (κ3) is 3.53. The third-order valence-electron chi connectivity index (χ3n) is 3.25. The van der Waals surface area contributed by atoms with Crippen LogP contribution in [0.1, 0.15) is 24.0 Å². The van der Waals surface area contributed by atoms with Crippen molar-refractivity contribution >= 4 is 11.8 Å². The Morgan fingerprint density at radius 1 is 1.53 bits per heavy atom. The third-order valence-corrected chi connectivity index (χ3v) is 3.25. The van der Waals surface area contributed by atoms with E-state index in [-0.39, 0.29) is 17.6 Å². The zero-order valence-corrected chi connectivity index (χ0v) is 10.8. The van der Waals surface area contributed by atoms with Crippen LogP contribution in [0.5, 0.6) is 0 Å². The van der Waals surface area contributed by atoms with Gasteiger partial charge in [-0.25, -0.2) is 4.39 Å². The lowest BCUT2D eigenvalue weighted by atomic mass is 10.1. The van der Waals surface area contributed by atoms with Gasteiger partial charge < -0.3 is 10.6 Å². The molecule has 1 heterocycles. The summed E-state index contributed by atoms with van der Waals surface area (Å²) in [5.74, 6) is -0.444. The van der Waals surface area contributed by atoms with Crippen LogP contribution in [-0.2, 0) is 16.0 Å². The Morgan fingerprint density at radius 3 is 2.95 bits per heavy atom. The highest BCUT2D eigenvalue weighted by Gasteiger charge is 2.26. The monoisotopic (exact) mass is 264 g/mol. The SMILES string of the molecule is Cc1cc(CCNC(=O)C2CCC(=O)N2)ccc1F. The second-order valence-electron chi connectivity index (χ2n) is 4.78. The number of halogens is 1. The highest BCUT2D eigenvalue weighted by molar-refractivity contribution is 5.90.